The summed E-state index contributed by atoms with van der Waals surface area (Å²) in [4.78, 5) is 24.9. The number of nitrogens with zero attached hydrogens (tertiary/aromatic N) is 3. The summed E-state index contributed by atoms with van der Waals surface area (Å²) in [5, 5.41) is 20.9. The molecule has 1 heterocycles. The number of halogens is 1. The molecular weight excluding hydrogens is 444 g/mol. The number of rotatable bonds is 5. The largest absolute Gasteiger partial charge is 0.487 e. The van der Waals surface area contributed by atoms with Crippen molar-refractivity contribution < 1.29 is 14.5 Å². The zero-order valence-electron chi connectivity index (χ0n) is 17.9. The van der Waals surface area contributed by atoms with Gasteiger partial charge in [-0.2, -0.15) is 5.26 Å². The van der Waals surface area contributed by atoms with Gasteiger partial charge in [0.1, 0.15) is 18.2 Å². The van der Waals surface area contributed by atoms with Crippen molar-refractivity contribution in [3.63, 3.8) is 0 Å². The number of carbonyl (C=O) groups excluding carboxylic acids is 1. The predicted octanol–water partition coefficient (Wildman–Crippen LogP) is 4.56. The Morgan fingerprint density at radius 3 is 2.64 bits per heavy atom. The van der Waals surface area contributed by atoms with Crippen LogP contribution < -0.4 is 10.5 Å². The number of nitro groups is 1. The SMILES string of the molecule is CN1C(N)=C(C#N)[C@H](c2ccc(OCc3ccc([N+](=O)[O-])cc3)c(Cl)c2)C2=C1CCCC2=O. The third kappa shape index (κ3) is 4.15. The molecule has 0 radical (unpaired) electrons. The Hall–Kier alpha value is -3.83. The van der Waals surface area contributed by atoms with E-state index in [0.717, 1.165) is 24.1 Å². The van der Waals surface area contributed by atoms with Gasteiger partial charge in [-0.15, -0.1) is 0 Å². The number of nitro benzene ring substituents is 1. The number of non-ortho nitro benzene ring substituents is 1. The normalized spacial score (nSPS) is 18.2. The molecule has 0 bridgehead atoms. The van der Waals surface area contributed by atoms with Crippen LogP contribution in [0.3, 0.4) is 0 Å². The lowest BCUT2D eigenvalue weighted by Crippen LogP contribution is -2.36. The Labute approximate surface area is 195 Å². The minimum atomic E-state index is -0.574. The van der Waals surface area contributed by atoms with Crippen LogP contribution in [0.15, 0.2) is 65.1 Å². The van der Waals surface area contributed by atoms with Gasteiger partial charge in [0.15, 0.2) is 5.78 Å². The molecule has 2 aromatic carbocycles. The molecule has 0 unspecified atom stereocenters. The van der Waals surface area contributed by atoms with E-state index < -0.39 is 10.8 Å². The van der Waals surface area contributed by atoms with E-state index in [1.807, 2.05) is 0 Å². The number of nitriles is 1. The maximum Gasteiger partial charge on any atom is 0.269 e. The highest BCUT2D eigenvalue weighted by Crippen LogP contribution is 2.45. The van der Waals surface area contributed by atoms with E-state index in [4.69, 9.17) is 22.1 Å². The van der Waals surface area contributed by atoms with E-state index in [9.17, 15) is 20.2 Å². The number of carbonyl (C=O) groups is 1. The van der Waals surface area contributed by atoms with Crippen molar-refractivity contribution in [2.45, 2.75) is 31.8 Å². The van der Waals surface area contributed by atoms with Gasteiger partial charge in [-0.1, -0.05) is 17.7 Å². The maximum atomic E-state index is 12.8. The van der Waals surface area contributed by atoms with Crippen LogP contribution in [0.4, 0.5) is 5.69 Å². The monoisotopic (exact) mass is 464 g/mol. The first kappa shape index (κ1) is 22.4. The summed E-state index contributed by atoms with van der Waals surface area (Å²) in [5.74, 6) is 0.204. The molecule has 9 heteroatoms. The Morgan fingerprint density at radius 1 is 1.27 bits per heavy atom. The molecule has 1 aliphatic carbocycles. The van der Waals surface area contributed by atoms with Crippen molar-refractivity contribution in [1.29, 1.82) is 5.26 Å². The molecule has 0 aromatic heterocycles. The van der Waals surface area contributed by atoms with Gasteiger partial charge >= 0.3 is 0 Å². The molecule has 0 spiro atoms. The van der Waals surface area contributed by atoms with E-state index in [1.54, 1.807) is 42.3 Å². The number of benzene rings is 2. The van der Waals surface area contributed by atoms with E-state index in [2.05, 4.69) is 6.07 Å². The molecule has 0 saturated carbocycles. The molecule has 4 rings (SSSR count). The van der Waals surface area contributed by atoms with Gasteiger partial charge in [-0.3, -0.25) is 14.9 Å². The van der Waals surface area contributed by atoms with Crippen LogP contribution in [0, 0.1) is 21.4 Å². The highest BCUT2D eigenvalue weighted by atomic mass is 35.5. The highest BCUT2D eigenvalue weighted by molar-refractivity contribution is 6.32. The van der Waals surface area contributed by atoms with Crippen LogP contribution in [0.25, 0.3) is 0 Å². The number of Topliss-reactive ketones (excluding diaryl/α,β-unsaturated/α-hetero) is 1. The van der Waals surface area contributed by atoms with E-state index in [1.165, 1.54) is 12.1 Å². The Balaban J connectivity index is 1.62. The number of hydrogen-bond acceptors (Lipinski definition) is 7. The lowest BCUT2D eigenvalue weighted by Gasteiger charge is -2.37. The molecule has 0 saturated heterocycles. The summed E-state index contributed by atoms with van der Waals surface area (Å²) >= 11 is 6.49. The molecule has 168 valence electrons. The lowest BCUT2D eigenvalue weighted by atomic mass is 9.76. The Bertz CT molecular complexity index is 1240. The fourth-order valence-electron chi connectivity index (χ4n) is 4.28. The molecule has 1 atom stereocenters. The number of ketones is 1. The second kappa shape index (κ2) is 8.96. The Kier molecular flexibility index (Phi) is 6.07. The predicted molar refractivity (Wildman–Crippen MR) is 122 cm³/mol. The summed E-state index contributed by atoms with van der Waals surface area (Å²) in [7, 11) is 1.78. The topological polar surface area (TPSA) is 122 Å². The number of ether oxygens (including phenoxy) is 1. The third-order valence-corrected chi connectivity index (χ3v) is 6.29. The summed E-state index contributed by atoms with van der Waals surface area (Å²) in [6.45, 7) is 0.176. The van der Waals surface area contributed by atoms with Crippen molar-refractivity contribution in [2.24, 2.45) is 5.73 Å². The van der Waals surface area contributed by atoms with Crippen molar-refractivity contribution in [2.75, 3.05) is 7.05 Å². The van der Waals surface area contributed by atoms with E-state index in [-0.39, 0.29) is 18.1 Å². The summed E-state index contributed by atoms with van der Waals surface area (Å²) in [6.07, 6.45) is 1.91. The van der Waals surface area contributed by atoms with Gasteiger partial charge in [0, 0.05) is 36.9 Å². The van der Waals surface area contributed by atoms with Crippen molar-refractivity contribution >= 4 is 23.1 Å². The molecule has 8 nitrogen and oxygen atoms in total. The highest BCUT2D eigenvalue weighted by Gasteiger charge is 2.38. The summed E-state index contributed by atoms with van der Waals surface area (Å²) in [5.41, 5.74) is 9.48. The Morgan fingerprint density at radius 2 is 2.00 bits per heavy atom. The first-order valence-electron chi connectivity index (χ1n) is 10.4. The van der Waals surface area contributed by atoms with Gasteiger partial charge in [-0.05, 0) is 48.2 Å². The number of allylic oxidation sites excluding steroid dienone is 3. The van der Waals surface area contributed by atoms with Gasteiger partial charge in [0.2, 0.25) is 0 Å². The van der Waals surface area contributed by atoms with E-state index >= 15 is 0 Å². The maximum absolute atomic E-state index is 12.8. The van der Waals surface area contributed by atoms with Crippen molar-refractivity contribution in [3.05, 3.63) is 91.4 Å². The van der Waals surface area contributed by atoms with Gasteiger partial charge in [0.25, 0.3) is 5.69 Å². The van der Waals surface area contributed by atoms with Crippen LogP contribution in [0.1, 0.15) is 36.3 Å². The fraction of sp³-hybridized carbons (Fsp3) is 0.250. The molecular formula is C24H21ClN4O4. The molecule has 2 N–H and O–H groups in total. The molecule has 33 heavy (non-hydrogen) atoms. The van der Waals surface area contributed by atoms with Crippen LogP contribution in [-0.2, 0) is 11.4 Å². The van der Waals surface area contributed by atoms with Crippen LogP contribution in [0.2, 0.25) is 5.02 Å². The summed E-state index contributed by atoms with van der Waals surface area (Å²) < 4.78 is 5.79. The van der Waals surface area contributed by atoms with Gasteiger partial charge < -0.3 is 15.4 Å². The minimum Gasteiger partial charge on any atom is -0.487 e. The number of nitrogens with two attached hydrogens (primary N) is 1. The molecule has 1 aliphatic heterocycles. The molecule has 2 aliphatic rings. The van der Waals surface area contributed by atoms with Crippen LogP contribution in [0.5, 0.6) is 5.75 Å². The second-order valence-electron chi connectivity index (χ2n) is 7.94. The molecule has 0 fully saturated rings. The van der Waals surface area contributed by atoms with Crippen molar-refractivity contribution in [3.8, 4) is 11.8 Å². The molecule has 0 amide bonds. The standard InChI is InChI=1S/C24H21ClN4O4/c1-28-19-3-2-4-20(30)23(19)22(17(12-26)24(28)27)15-7-10-21(18(25)11-15)33-13-14-5-8-16(9-6-14)29(31)32/h5-11,22H,2-4,13,27H2,1H3/t22-/m0/s1. The molecule has 2 aromatic rings. The van der Waals surface area contributed by atoms with Gasteiger partial charge in [-0.25, -0.2) is 0 Å². The zero-order valence-corrected chi connectivity index (χ0v) is 18.6. The zero-order chi connectivity index (χ0) is 23.7. The fourth-order valence-corrected chi connectivity index (χ4v) is 4.53. The summed E-state index contributed by atoms with van der Waals surface area (Å²) in [6, 6.07) is 13.4. The minimum absolute atomic E-state index is 0.00539. The second-order valence-corrected chi connectivity index (χ2v) is 8.35. The first-order valence-corrected chi connectivity index (χ1v) is 10.7. The van der Waals surface area contributed by atoms with Crippen LogP contribution in [-0.4, -0.2) is 22.7 Å². The average Bonchev–Trinajstić information content (AvgIpc) is 2.81. The van der Waals surface area contributed by atoms with Gasteiger partial charge in [0.05, 0.1) is 27.5 Å². The number of hydrogen-bond donors (Lipinski definition) is 1. The third-order valence-electron chi connectivity index (χ3n) is 6.00. The quantitative estimate of drug-likeness (QED) is 0.508. The van der Waals surface area contributed by atoms with E-state index in [0.29, 0.717) is 39.7 Å². The van der Waals surface area contributed by atoms with Crippen molar-refractivity contribution in [1.82, 2.24) is 4.90 Å². The average molecular weight is 465 g/mol. The lowest BCUT2D eigenvalue weighted by molar-refractivity contribution is -0.384. The van der Waals surface area contributed by atoms with Crippen LogP contribution >= 0.6 is 11.6 Å². The smallest absolute Gasteiger partial charge is 0.269 e. The first-order chi connectivity index (χ1) is 15.8.